The first-order valence-corrected chi connectivity index (χ1v) is 10.8. The Balaban J connectivity index is 1.46. The number of carbonyl (C=O) groups excluding carboxylic acids is 1. The third-order valence-electron chi connectivity index (χ3n) is 4.66. The number of morpholine rings is 1. The van der Waals surface area contributed by atoms with Crippen molar-refractivity contribution in [1.82, 2.24) is 15.2 Å². The summed E-state index contributed by atoms with van der Waals surface area (Å²) in [5.74, 6) is -0.403. The van der Waals surface area contributed by atoms with Gasteiger partial charge in [-0.15, -0.1) is 22.7 Å². The summed E-state index contributed by atoms with van der Waals surface area (Å²) < 4.78 is 18.8. The van der Waals surface area contributed by atoms with E-state index >= 15 is 0 Å². The second kappa shape index (κ2) is 8.91. The molecule has 1 unspecified atom stereocenters. The Labute approximate surface area is 170 Å². The second-order valence-electron chi connectivity index (χ2n) is 6.43. The van der Waals surface area contributed by atoms with Crippen molar-refractivity contribution in [3.05, 3.63) is 64.2 Å². The van der Waals surface area contributed by atoms with E-state index in [9.17, 15) is 9.18 Å². The summed E-state index contributed by atoms with van der Waals surface area (Å²) in [6.07, 6.45) is 1.62. The zero-order chi connectivity index (χ0) is 19.3. The fraction of sp³-hybridized carbons (Fsp3) is 0.300. The summed E-state index contributed by atoms with van der Waals surface area (Å²) in [4.78, 5) is 20.9. The average molecular weight is 418 g/mol. The monoisotopic (exact) mass is 417 g/mol. The number of amides is 1. The van der Waals surface area contributed by atoms with Gasteiger partial charge in [0.25, 0.3) is 5.91 Å². The minimum Gasteiger partial charge on any atom is -0.379 e. The smallest absolute Gasteiger partial charge is 0.263 e. The number of carbonyl (C=O) groups is 1. The van der Waals surface area contributed by atoms with Gasteiger partial charge >= 0.3 is 0 Å². The molecule has 1 aliphatic rings. The Bertz CT molecular complexity index is 906. The molecule has 2 aromatic heterocycles. The molecule has 146 valence electrons. The van der Waals surface area contributed by atoms with Crippen molar-refractivity contribution < 1.29 is 13.9 Å². The maximum atomic E-state index is 13.3. The molecule has 1 atom stereocenters. The number of ether oxygens (including phenoxy) is 1. The zero-order valence-corrected chi connectivity index (χ0v) is 16.8. The van der Waals surface area contributed by atoms with E-state index in [-0.39, 0.29) is 17.8 Å². The molecule has 1 N–H and O–H groups in total. The van der Waals surface area contributed by atoms with Gasteiger partial charge in [-0.25, -0.2) is 9.37 Å². The molecule has 0 aliphatic carbocycles. The van der Waals surface area contributed by atoms with Crippen LogP contribution in [0.25, 0.3) is 9.88 Å². The molecule has 28 heavy (non-hydrogen) atoms. The number of nitrogens with zero attached hydrogens (tertiary/aromatic N) is 2. The molecular weight excluding hydrogens is 397 g/mol. The number of hydrogen-bond donors (Lipinski definition) is 1. The number of hydrogen-bond acceptors (Lipinski definition) is 6. The quantitative estimate of drug-likeness (QED) is 0.663. The van der Waals surface area contributed by atoms with Crippen LogP contribution in [0.1, 0.15) is 21.3 Å². The van der Waals surface area contributed by atoms with E-state index in [4.69, 9.17) is 4.74 Å². The predicted octanol–water partition coefficient (Wildman–Crippen LogP) is 3.81. The van der Waals surface area contributed by atoms with Crippen molar-refractivity contribution in [2.45, 2.75) is 6.04 Å². The molecule has 1 saturated heterocycles. The molecule has 3 heterocycles. The molecule has 3 aromatic rings. The van der Waals surface area contributed by atoms with Crippen LogP contribution >= 0.6 is 22.7 Å². The minimum atomic E-state index is -0.265. The maximum Gasteiger partial charge on any atom is 0.263 e. The van der Waals surface area contributed by atoms with Crippen LogP contribution in [0.2, 0.25) is 0 Å². The third kappa shape index (κ3) is 4.47. The number of thiazole rings is 1. The van der Waals surface area contributed by atoms with Crippen LogP contribution in [0.3, 0.4) is 0 Å². The summed E-state index contributed by atoms with van der Waals surface area (Å²) in [6.45, 7) is 3.31. The molecular formula is C20H20FN3O2S2. The Morgan fingerprint density at radius 1 is 1.25 bits per heavy atom. The van der Waals surface area contributed by atoms with Crippen molar-refractivity contribution in [3.8, 4) is 9.88 Å². The van der Waals surface area contributed by atoms with E-state index in [1.54, 1.807) is 29.7 Å². The molecule has 8 heteroatoms. The molecule has 1 amide bonds. The summed E-state index contributed by atoms with van der Waals surface area (Å²) >= 11 is 2.99. The van der Waals surface area contributed by atoms with Crippen LogP contribution in [0.5, 0.6) is 0 Å². The molecule has 0 spiro atoms. The lowest BCUT2D eigenvalue weighted by Gasteiger charge is -2.34. The fourth-order valence-corrected chi connectivity index (χ4v) is 4.84. The standard InChI is InChI=1S/C20H20FN3O2S2/c21-15-5-3-14(4-6-15)16(24-7-9-26-10-8-24)12-22-19(25)18-13-23-20(28-18)17-2-1-11-27-17/h1-6,11,13,16H,7-10,12H2,(H,22,25). The minimum absolute atomic E-state index is 0.0295. The number of nitrogens with one attached hydrogen (secondary N) is 1. The molecule has 0 saturated carbocycles. The van der Waals surface area contributed by atoms with Crippen LogP contribution in [0.4, 0.5) is 4.39 Å². The highest BCUT2D eigenvalue weighted by atomic mass is 32.1. The topological polar surface area (TPSA) is 54.5 Å². The summed E-state index contributed by atoms with van der Waals surface area (Å²) in [5, 5.41) is 5.87. The predicted molar refractivity (Wildman–Crippen MR) is 109 cm³/mol. The van der Waals surface area contributed by atoms with Crippen LogP contribution in [0.15, 0.2) is 48.0 Å². The maximum absolute atomic E-state index is 13.3. The Kier molecular flexibility index (Phi) is 6.11. The van der Waals surface area contributed by atoms with Crippen LogP contribution in [0, 0.1) is 5.82 Å². The van der Waals surface area contributed by atoms with E-state index in [0.717, 1.165) is 28.5 Å². The van der Waals surface area contributed by atoms with E-state index in [1.165, 1.54) is 23.5 Å². The molecule has 0 radical (unpaired) electrons. The number of aromatic nitrogens is 1. The molecule has 1 fully saturated rings. The fourth-order valence-electron chi connectivity index (χ4n) is 3.20. The first-order chi connectivity index (χ1) is 13.7. The first kappa shape index (κ1) is 19.2. The third-order valence-corrected chi connectivity index (χ3v) is 6.69. The molecule has 1 aliphatic heterocycles. The van der Waals surface area contributed by atoms with Crippen molar-refractivity contribution in [2.24, 2.45) is 0 Å². The largest absolute Gasteiger partial charge is 0.379 e. The summed E-state index contributed by atoms with van der Waals surface area (Å²) in [7, 11) is 0. The van der Waals surface area contributed by atoms with E-state index in [2.05, 4.69) is 15.2 Å². The van der Waals surface area contributed by atoms with E-state index in [1.807, 2.05) is 17.5 Å². The van der Waals surface area contributed by atoms with Crippen LogP contribution in [-0.4, -0.2) is 48.6 Å². The number of benzene rings is 1. The van der Waals surface area contributed by atoms with Crippen LogP contribution in [-0.2, 0) is 4.74 Å². The second-order valence-corrected chi connectivity index (χ2v) is 8.41. The first-order valence-electron chi connectivity index (χ1n) is 9.06. The van der Waals surface area contributed by atoms with Gasteiger partial charge < -0.3 is 10.1 Å². The number of thiophene rings is 1. The number of halogens is 1. The van der Waals surface area contributed by atoms with Gasteiger partial charge in [-0.3, -0.25) is 9.69 Å². The van der Waals surface area contributed by atoms with Crippen molar-refractivity contribution >= 4 is 28.6 Å². The zero-order valence-electron chi connectivity index (χ0n) is 15.1. The SMILES string of the molecule is O=C(NCC(c1ccc(F)cc1)N1CCOCC1)c1cnc(-c2cccs2)s1. The summed E-state index contributed by atoms with van der Waals surface area (Å²) in [5.41, 5.74) is 0.979. The van der Waals surface area contributed by atoms with Crippen LogP contribution < -0.4 is 5.32 Å². The number of rotatable bonds is 6. The van der Waals surface area contributed by atoms with Gasteiger partial charge in [0.15, 0.2) is 0 Å². The van der Waals surface area contributed by atoms with Gasteiger partial charge in [0.2, 0.25) is 0 Å². The normalized spacial score (nSPS) is 16.0. The highest BCUT2D eigenvalue weighted by Gasteiger charge is 2.24. The van der Waals surface area contributed by atoms with Gasteiger partial charge in [0.05, 0.1) is 30.3 Å². The highest BCUT2D eigenvalue weighted by Crippen LogP contribution is 2.29. The van der Waals surface area contributed by atoms with Crippen molar-refractivity contribution in [3.63, 3.8) is 0 Å². The Morgan fingerprint density at radius 3 is 2.75 bits per heavy atom. The lowest BCUT2D eigenvalue weighted by atomic mass is 10.0. The Hall–Kier alpha value is -2.13. The summed E-state index contributed by atoms with van der Waals surface area (Å²) in [6, 6.07) is 10.4. The molecule has 5 nitrogen and oxygen atoms in total. The van der Waals surface area contributed by atoms with Gasteiger partial charge in [-0.2, -0.15) is 0 Å². The highest BCUT2D eigenvalue weighted by molar-refractivity contribution is 7.21. The molecule has 1 aromatic carbocycles. The van der Waals surface area contributed by atoms with Gasteiger partial charge in [0, 0.05) is 19.6 Å². The molecule has 0 bridgehead atoms. The van der Waals surface area contributed by atoms with E-state index in [0.29, 0.717) is 24.6 Å². The lowest BCUT2D eigenvalue weighted by Crippen LogP contribution is -2.43. The van der Waals surface area contributed by atoms with Gasteiger partial charge in [-0.05, 0) is 29.1 Å². The Morgan fingerprint density at radius 2 is 2.04 bits per heavy atom. The average Bonchev–Trinajstić information content (AvgIpc) is 3.42. The van der Waals surface area contributed by atoms with E-state index < -0.39 is 0 Å². The van der Waals surface area contributed by atoms with Crippen molar-refractivity contribution in [1.29, 1.82) is 0 Å². The van der Waals surface area contributed by atoms with Crippen molar-refractivity contribution in [2.75, 3.05) is 32.8 Å². The van der Waals surface area contributed by atoms with Gasteiger partial charge in [0.1, 0.15) is 15.7 Å². The molecule has 4 rings (SSSR count). The lowest BCUT2D eigenvalue weighted by molar-refractivity contribution is 0.0162. The van der Waals surface area contributed by atoms with Gasteiger partial charge in [-0.1, -0.05) is 18.2 Å².